The summed E-state index contributed by atoms with van der Waals surface area (Å²) in [6.45, 7) is 2.98. The lowest BCUT2D eigenvalue weighted by atomic mass is 10.1. The number of hydrogen-bond donors (Lipinski definition) is 1. The second kappa shape index (κ2) is 6.70. The number of hydrogen-bond acceptors (Lipinski definition) is 1. The molecule has 0 amide bonds. The average molecular weight is 211 g/mol. The first-order valence-corrected chi connectivity index (χ1v) is 6.28. The van der Waals surface area contributed by atoms with Gasteiger partial charge in [0.25, 0.3) is 0 Å². The third-order valence-corrected chi connectivity index (χ3v) is 3.23. The van der Waals surface area contributed by atoms with Gasteiger partial charge in [-0.2, -0.15) is 0 Å². The van der Waals surface area contributed by atoms with Crippen LogP contribution in [0, 0.1) is 0 Å². The summed E-state index contributed by atoms with van der Waals surface area (Å²) in [5, 5.41) is 0. The molecule has 0 unspecified atom stereocenters. The second-order valence-electron chi connectivity index (χ2n) is 4.50. The average Bonchev–Trinajstić information content (AvgIpc) is 2.53. The molecule has 0 saturated heterocycles. The first-order valence-electron chi connectivity index (χ1n) is 6.28. The summed E-state index contributed by atoms with van der Waals surface area (Å²) in [6.07, 6.45) is 9.08. The maximum absolute atomic E-state index is 5.96. The van der Waals surface area contributed by atoms with Crippen molar-refractivity contribution in [1.29, 1.82) is 0 Å². The Labute approximate surface area is 93.7 Å². The third kappa shape index (κ3) is 4.10. The molecule has 3 nitrogen and oxygen atoms in total. The highest BCUT2D eigenvalue weighted by Gasteiger charge is 2.17. The van der Waals surface area contributed by atoms with Crippen LogP contribution in [-0.2, 0) is 0 Å². The van der Waals surface area contributed by atoms with Crippen LogP contribution in [-0.4, -0.2) is 30.5 Å². The Morgan fingerprint density at radius 2 is 1.87 bits per heavy atom. The Bertz CT molecular complexity index is 193. The summed E-state index contributed by atoms with van der Waals surface area (Å²) >= 11 is 0. The van der Waals surface area contributed by atoms with Gasteiger partial charge in [0.2, 0.25) is 0 Å². The summed E-state index contributed by atoms with van der Waals surface area (Å²) in [7, 11) is 2.09. The van der Waals surface area contributed by atoms with Gasteiger partial charge in [0.15, 0.2) is 5.96 Å². The van der Waals surface area contributed by atoms with Crippen molar-refractivity contribution in [2.45, 2.75) is 57.9 Å². The fourth-order valence-corrected chi connectivity index (χ4v) is 2.17. The van der Waals surface area contributed by atoms with Crippen LogP contribution >= 0.6 is 0 Å². The highest BCUT2D eigenvalue weighted by atomic mass is 15.2. The monoisotopic (exact) mass is 211 g/mol. The van der Waals surface area contributed by atoms with Gasteiger partial charge in [0.1, 0.15) is 0 Å². The van der Waals surface area contributed by atoms with Gasteiger partial charge in [-0.3, -0.25) is 4.99 Å². The van der Waals surface area contributed by atoms with Crippen molar-refractivity contribution in [2.24, 2.45) is 10.7 Å². The normalized spacial score (nSPS) is 20.0. The van der Waals surface area contributed by atoms with Crippen LogP contribution < -0.4 is 5.73 Å². The molecule has 0 radical (unpaired) electrons. The summed E-state index contributed by atoms with van der Waals surface area (Å²) in [6, 6.07) is 0.619. The van der Waals surface area contributed by atoms with E-state index in [-0.39, 0.29) is 0 Å². The SMILES string of the molecule is CCCN=C(N)N(C)C1CCCCCC1. The van der Waals surface area contributed by atoms with Crippen LogP contribution in [0.1, 0.15) is 51.9 Å². The molecule has 1 rings (SSSR count). The fraction of sp³-hybridized carbons (Fsp3) is 0.917. The van der Waals surface area contributed by atoms with Gasteiger partial charge in [-0.15, -0.1) is 0 Å². The Kier molecular flexibility index (Phi) is 5.51. The molecule has 0 spiro atoms. The summed E-state index contributed by atoms with van der Waals surface area (Å²) in [5.74, 6) is 0.726. The number of nitrogens with zero attached hydrogens (tertiary/aromatic N) is 2. The molecule has 0 aromatic rings. The van der Waals surface area contributed by atoms with E-state index in [1.807, 2.05) is 0 Å². The van der Waals surface area contributed by atoms with Gasteiger partial charge in [-0.1, -0.05) is 32.6 Å². The molecule has 15 heavy (non-hydrogen) atoms. The third-order valence-electron chi connectivity index (χ3n) is 3.23. The van der Waals surface area contributed by atoms with Crippen LogP contribution in [0.5, 0.6) is 0 Å². The summed E-state index contributed by atoms with van der Waals surface area (Å²) in [5.41, 5.74) is 5.96. The van der Waals surface area contributed by atoms with Crippen LogP contribution in [0.3, 0.4) is 0 Å². The van der Waals surface area contributed by atoms with Gasteiger partial charge in [-0.05, 0) is 19.3 Å². The van der Waals surface area contributed by atoms with E-state index in [1.54, 1.807) is 0 Å². The van der Waals surface area contributed by atoms with E-state index in [2.05, 4.69) is 23.9 Å². The zero-order valence-electron chi connectivity index (χ0n) is 10.2. The summed E-state index contributed by atoms with van der Waals surface area (Å²) in [4.78, 5) is 6.55. The van der Waals surface area contributed by atoms with E-state index < -0.39 is 0 Å². The van der Waals surface area contributed by atoms with Crippen molar-refractivity contribution >= 4 is 5.96 Å². The lowest BCUT2D eigenvalue weighted by molar-refractivity contribution is 0.326. The molecule has 1 aliphatic rings. The number of aliphatic imine (C=N–C) groups is 1. The molecule has 0 aromatic heterocycles. The molecule has 0 aliphatic heterocycles. The van der Waals surface area contributed by atoms with E-state index in [0.717, 1.165) is 18.9 Å². The van der Waals surface area contributed by atoms with E-state index in [9.17, 15) is 0 Å². The van der Waals surface area contributed by atoms with Gasteiger partial charge >= 0.3 is 0 Å². The highest BCUT2D eigenvalue weighted by molar-refractivity contribution is 5.78. The first kappa shape index (κ1) is 12.3. The Morgan fingerprint density at radius 3 is 2.40 bits per heavy atom. The largest absolute Gasteiger partial charge is 0.370 e. The predicted molar refractivity (Wildman–Crippen MR) is 66.0 cm³/mol. The zero-order chi connectivity index (χ0) is 11.1. The van der Waals surface area contributed by atoms with Crippen LogP contribution in [0.25, 0.3) is 0 Å². The Hall–Kier alpha value is -0.730. The molecule has 3 heteroatoms. The van der Waals surface area contributed by atoms with Crippen molar-refractivity contribution in [3.8, 4) is 0 Å². The van der Waals surface area contributed by atoms with Crippen molar-refractivity contribution < 1.29 is 0 Å². The topological polar surface area (TPSA) is 41.6 Å². The minimum Gasteiger partial charge on any atom is -0.370 e. The van der Waals surface area contributed by atoms with Crippen LogP contribution in [0.4, 0.5) is 0 Å². The van der Waals surface area contributed by atoms with E-state index in [4.69, 9.17) is 5.73 Å². The molecule has 1 fully saturated rings. The smallest absolute Gasteiger partial charge is 0.191 e. The Morgan fingerprint density at radius 1 is 1.27 bits per heavy atom. The lowest BCUT2D eigenvalue weighted by Gasteiger charge is -2.28. The second-order valence-corrected chi connectivity index (χ2v) is 4.50. The molecule has 0 aromatic carbocycles. The van der Waals surface area contributed by atoms with Crippen molar-refractivity contribution in [1.82, 2.24) is 4.90 Å². The number of guanidine groups is 1. The predicted octanol–water partition coefficient (Wildman–Crippen LogP) is 2.37. The standard InChI is InChI=1S/C12H25N3/c1-3-10-14-12(13)15(2)11-8-6-4-5-7-9-11/h11H,3-10H2,1-2H3,(H2,13,14). The first-order chi connectivity index (χ1) is 7.25. The zero-order valence-corrected chi connectivity index (χ0v) is 10.2. The quantitative estimate of drug-likeness (QED) is 0.442. The molecule has 1 aliphatic carbocycles. The van der Waals surface area contributed by atoms with E-state index in [0.29, 0.717) is 6.04 Å². The molecule has 1 saturated carbocycles. The highest BCUT2D eigenvalue weighted by Crippen LogP contribution is 2.20. The van der Waals surface area contributed by atoms with Gasteiger partial charge in [0, 0.05) is 19.6 Å². The molecule has 0 atom stereocenters. The Balaban J connectivity index is 2.45. The van der Waals surface area contributed by atoms with Crippen LogP contribution in [0.2, 0.25) is 0 Å². The van der Waals surface area contributed by atoms with Gasteiger partial charge < -0.3 is 10.6 Å². The molecule has 0 heterocycles. The van der Waals surface area contributed by atoms with Crippen molar-refractivity contribution in [3.63, 3.8) is 0 Å². The number of rotatable bonds is 3. The summed E-state index contributed by atoms with van der Waals surface area (Å²) < 4.78 is 0. The van der Waals surface area contributed by atoms with Crippen molar-refractivity contribution in [3.05, 3.63) is 0 Å². The lowest BCUT2D eigenvalue weighted by Crippen LogP contribution is -2.41. The maximum Gasteiger partial charge on any atom is 0.191 e. The minimum absolute atomic E-state index is 0.619. The van der Waals surface area contributed by atoms with Crippen molar-refractivity contribution in [2.75, 3.05) is 13.6 Å². The van der Waals surface area contributed by atoms with E-state index >= 15 is 0 Å². The molecule has 2 N–H and O–H groups in total. The van der Waals surface area contributed by atoms with E-state index in [1.165, 1.54) is 38.5 Å². The molecule has 88 valence electrons. The van der Waals surface area contributed by atoms with Gasteiger partial charge in [-0.25, -0.2) is 0 Å². The fourth-order valence-electron chi connectivity index (χ4n) is 2.17. The maximum atomic E-state index is 5.96. The molecule has 0 bridgehead atoms. The van der Waals surface area contributed by atoms with Crippen LogP contribution in [0.15, 0.2) is 4.99 Å². The molecular formula is C12H25N3. The number of nitrogens with two attached hydrogens (primary N) is 1. The minimum atomic E-state index is 0.619. The molecular weight excluding hydrogens is 186 g/mol. The van der Waals surface area contributed by atoms with Gasteiger partial charge in [0.05, 0.1) is 0 Å².